The molecule has 1 aromatic rings. The molecule has 1 atom stereocenters. The van der Waals surface area contributed by atoms with Crippen LogP contribution in [0.15, 0.2) is 6.33 Å². The zero-order chi connectivity index (χ0) is 8.39. The summed E-state index contributed by atoms with van der Waals surface area (Å²) in [6, 6.07) is 0. The third-order valence-electron chi connectivity index (χ3n) is 2.41. The van der Waals surface area contributed by atoms with E-state index in [0.29, 0.717) is 5.92 Å². The number of piperidine rings is 1. The predicted molar refractivity (Wildman–Crippen MR) is 45.8 cm³/mol. The number of hydrogen-bond donors (Lipinski definition) is 1. The second kappa shape index (κ2) is 3.23. The van der Waals surface area contributed by atoms with Gasteiger partial charge in [-0.05, 0) is 19.4 Å². The molecule has 12 heavy (non-hydrogen) atoms. The van der Waals surface area contributed by atoms with Crippen molar-refractivity contribution >= 4 is 0 Å². The molecule has 2 heterocycles. The fraction of sp³-hybridized carbons (Fsp3) is 0.750. The summed E-state index contributed by atoms with van der Waals surface area (Å²) in [5, 5.41) is 11.4. The van der Waals surface area contributed by atoms with Crippen LogP contribution in [0.5, 0.6) is 0 Å². The van der Waals surface area contributed by atoms with E-state index in [1.165, 1.54) is 12.8 Å². The van der Waals surface area contributed by atoms with Crippen molar-refractivity contribution in [1.29, 1.82) is 0 Å². The van der Waals surface area contributed by atoms with Crippen LogP contribution in [0.3, 0.4) is 0 Å². The second-order valence-electron chi connectivity index (χ2n) is 3.34. The van der Waals surface area contributed by atoms with Gasteiger partial charge in [-0.1, -0.05) is 0 Å². The second-order valence-corrected chi connectivity index (χ2v) is 3.34. The van der Waals surface area contributed by atoms with E-state index in [9.17, 15) is 0 Å². The van der Waals surface area contributed by atoms with Gasteiger partial charge in [0.25, 0.3) is 0 Å². The quantitative estimate of drug-likeness (QED) is 0.651. The van der Waals surface area contributed by atoms with E-state index < -0.39 is 0 Å². The van der Waals surface area contributed by atoms with Crippen LogP contribution < -0.4 is 5.32 Å². The highest BCUT2D eigenvalue weighted by Crippen LogP contribution is 2.19. The van der Waals surface area contributed by atoms with Crippen LogP contribution in [-0.2, 0) is 7.05 Å². The summed E-state index contributed by atoms with van der Waals surface area (Å²) in [7, 11) is 2.00. The van der Waals surface area contributed by atoms with Crippen molar-refractivity contribution in [3.05, 3.63) is 12.2 Å². The van der Waals surface area contributed by atoms with E-state index in [2.05, 4.69) is 15.5 Å². The molecular formula is C8H14N4. The zero-order valence-corrected chi connectivity index (χ0v) is 7.32. The van der Waals surface area contributed by atoms with E-state index in [1.54, 1.807) is 6.33 Å². The molecule has 66 valence electrons. The van der Waals surface area contributed by atoms with Crippen LogP contribution in [0, 0.1) is 0 Å². The molecule has 0 bridgehead atoms. The van der Waals surface area contributed by atoms with Crippen LogP contribution in [0.4, 0.5) is 0 Å². The first-order valence-electron chi connectivity index (χ1n) is 4.42. The molecule has 0 spiro atoms. The van der Waals surface area contributed by atoms with Gasteiger partial charge in [-0.3, -0.25) is 0 Å². The van der Waals surface area contributed by atoms with E-state index in [0.717, 1.165) is 18.9 Å². The summed E-state index contributed by atoms with van der Waals surface area (Å²) in [5.74, 6) is 1.67. The van der Waals surface area contributed by atoms with Gasteiger partial charge in [-0.2, -0.15) is 0 Å². The summed E-state index contributed by atoms with van der Waals surface area (Å²) >= 11 is 0. The lowest BCUT2D eigenvalue weighted by atomic mass is 9.99. The maximum atomic E-state index is 4.11. The van der Waals surface area contributed by atoms with Crippen molar-refractivity contribution in [3.63, 3.8) is 0 Å². The van der Waals surface area contributed by atoms with E-state index in [4.69, 9.17) is 0 Å². The Labute approximate surface area is 72.0 Å². The van der Waals surface area contributed by atoms with Crippen molar-refractivity contribution in [2.75, 3.05) is 13.1 Å². The maximum absolute atomic E-state index is 4.11. The molecular weight excluding hydrogens is 152 g/mol. The molecule has 1 aromatic heterocycles. The predicted octanol–water partition coefficient (Wildman–Crippen LogP) is 0.282. The number of hydrogen-bond acceptors (Lipinski definition) is 3. The van der Waals surface area contributed by atoms with Crippen molar-refractivity contribution in [2.45, 2.75) is 18.8 Å². The van der Waals surface area contributed by atoms with Crippen LogP contribution >= 0.6 is 0 Å². The molecule has 4 heteroatoms. The third kappa shape index (κ3) is 1.34. The summed E-state index contributed by atoms with van der Waals surface area (Å²) in [4.78, 5) is 0. The SMILES string of the molecule is Cn1cnnc1[C@H]1CCCNC1. The van der Waals surface area contributed by atoms with Gasteiger partial charge in [0.2, 0.25) is 0 Å². The topological polar surface area (TPSA) is 42.7 Å². The Morgan fingerprint density at radius 3 is 3.17 bits per heavy atom. The van der Waals surface area contributed by atoms with Gasteiger partial charge in [0.05, 0.1) is 0 Å². The normalized spacial score (nSPS) is 24.2. The molecule has 1 N–H and O–H groups in total. The number of nitrogens with one attached hydrogen (secondary N) is 1. The molecule has 0 amide bonds. The highest BCUT2D eigenvalue weighted by molar-refractivity contribution is 4.98. The van der Waals surface area contributed by atoms with Gasteiger partial charge < -0.3 is 9.88 Å². The first-order valence-corrected chi connectivity index (χ1v) is 4.42. The maximum Gasteiger partial charge on any atom is 0.136 e. The van der Waals surface area contributed by atoms with E-state index in [1.807, 2.05) is 11.6 Å². The number of aryl methyl sites for hydroxylation is 1. The minimum atomic E-state index is 0.561. The van der Waals surface area contributed by atoms with Crippen LogP contribution in [0.2, 0.25) is 0 Å². The molecule has 1 fully saturated rings. The monoisotopic (exact) mass is 166 g/mol. The Balaban J connectivity index is 2.13. The highest BCUT2D eigenvalue weighted by atomic mass is 15.3. The smallest absolute Gasteiger partial charge is 0.136 e. The summed E-state index contributed by atoms with van der Waals surface area (Å²) in [5.41, 5.74) is 0. The van der Waals surface area contributed by atoms with Crippen molar-refractivity contribution in [3.8, 4) is 0 Å². The Morgan fingerprint density at radius 1 is 1.67 bits per heavy atom. The highest BCUT2D eigenvalue weighted by Gasteiger charge is 2.18. The fourth-order valence-electron chi connectivity index (χ4n) is 1.73. The molecule has 1 saturated heterocycles. The summed E-state index contributed by atoms with van der Waals surface area (Å²) in [6.07, 6.45) is 4.25. The Hall–Kier alpha value is -0.900. The average molecular weight is 166 g/mol. The fourth-order valence-corrected chi connectivity index (χ4v) is 1.73. The summed E-state index contributed by atoms with van der Waals surface area (Å²) < 4.78 is 2.01. The van der Waals surface area contributed by atoms with E-state index >= 15 is 0 Å². The minimum absolute atomic E-state index is 0.561. The largest absolute Gasteiger partial charge is 0.320 e. The van der Waals surface area contributed by atoms with Gasteiger partial charge in [0, 0.05) is 19.5 Å². The first-order chi connectivity index (χ1) is 5.88. The molecule has 0 aromatic carbocycles. The molecule has 1 aliphatic heterocycles. The van der Waals surface area contributed by atoms with Crippen LogP contribution in [-0.4, -0.2) is 27.9 Å². The standard InChI is InChI=1S/C8H14N4/c1-12-6-10-11-8(12)7-3-2-4-9-5-7/h6-7,9H,2-5H2,1H3/t7-/m0/s1. The van der Waals surface area contributed by atoms with Gasteiger partial charge in [-0.15, -0.1) is 10.2 Å². The van der Waals surface area contributed by atoms with Crippen molar-refractivity contribution in [2.24, 2.45) is 7.05 Å². The molecule has 1 aliphatic rings. The lowest BCUT2D eigenvalue weighted by Crippen LogP contribution is -2.29. The van der Waals surface area contributed by atoms with Crippen LogP contribution in [0.25, 0.3) is 0 Å². The zero-order valence-electron chi connectivity index (χ0n) is 7.32. The van der Waals surface area contributed by atoms with Crippen molar-refractivity contribution in [1.82, 2.24) is 20.1 Å². The molecule has 0 unspecified atom stereocenters. The number of rotatable bonds is 1. The lowest BCUT2D eigenvalue weighted by Gasteiger charge is -2.21. The third-order valence-corrected chi connectivity index (χ3v) is 2.41. The molecule has 0 saturated carbocycles. The molecule has 0 radical (unpaired) electrons. The average Bonchev–Trinajstić information content (AvgIpc) is 2.53. The number of nitrogens with zero attached hydrogens (tertiary/aromatic N) is 3. The molecule has 2 rings (SSSR count). The first kappa shape index (κ1) is 7.73. The van der Waals surface area contributed by atoms with Gasteiger partial charge in [0.15, 0.2) is 0 Å². The lowest BCUT2D eigenvalue weighted by molar-refractivity contribution is 0.438. The minimum Gasteiger partial charge on any atom is -0.320 e. The van der Waals surface area contributed by atoms with Gasteiger partial charge in [-0.25, -0.2) is 0 Å². The van der Waals surface area contributed by atoms with Gasteiger partial charge >= 0.3 is 0 Å². The molecule has 0 aliphatic carbocycles. The van der Waals surface area contributed by atoms with Crippen molar-refractivity contribution < 1.29 is 0 Å². The Bertz CT molecular complexity index is 249. The van der Waals surface area contributed by atoms with Crippen LogP contribution in [0.1, 0.15) is 24.6 Å². The van der Waals surface area contributed by atoms with E-state index in [-0.39, 0.29) is 0 Å². The summed E-state index contributed by atoms with van der Waals surface area (Å²) in [6.45, 7) is 2.20. The Kier molecular flexibility index (Phi) is 2.08. The molecule has 4 nitrogen and oxygen atoms in total. The Morgan fingerprint density at radius 2 is 2.58 bits per heavy atom. The van der Waals surface area contributed by atoms with Gasteiger partial charge in [0.1, 0.15) is 12.2 Å². The number of aromatic nitrogens is 3.